The van der Waals surface area contributed by atoms with Gasteiger partial charge >= 0.3 is 0 Å². The summed E-state index contributed by atoms with van der Waals surface area (Å²) in [6, 6.07) is 5.50. The summed E-state index contributed by atoms with van der Waals surface area (Å²) in [5.74, 6) is -0.591. The number of hydrogen-bond acceptors (Lipinski definition) is 3. The van der Waals surface area contributed by atoms with Crippen molar-refractivity contribution in [1.82, 2.24) is 15.1 Å². The van der Waals surface area contributed by atoms with Gasteiger partial charge in [0.05, 0.1) is 5.92 Å². The highest BCUT2D eigenvalue weighted by molar-refractivity contribution is 5.90. The van der Waals surface area contributed by atoms with Crippen molar-refractivity contribution in [2.45, 2.75) is 45.6 Å². The molecule has 0 aromatic heterocycles. The molecule has 1 N–H and O–H groups in total. The molecule has 2 atom stereocenters. The Morgan fingerprint density at radius 1 is 1.11 bits per heavy atom. The molecule has 1 saturated heterocycles. The molecule has 1 aromatic rings. The molecule has 0 saturated carbocycles. The number of benzene rings is 1. The maximum Gasteiger partial charge on any atom is 0.245 e. The van der Waals surface area contributed by atoms with Gasteiger partial charge in [-0.2, -0.15) is 0 Å². The number of carbonyl (C=O) groups is 2. The van der Waals surface area contributed by atoms with Gasteiger partial charge in [0.15, 0.2) is 0 Å². The van der Waals surface area contributed by atoms with E-state index in [0.29, 0.717) is 25.9 Å². The maximum absolute atomic E-state index is 13.2. The molecule has 1 heterocycles. The summed E-state index contributed by atoms with van der Waals surface area (Å²) >= 11 is 0. The van der Waals surface area contributed by atoms with E-state index in [1.807, 2.05) is 32.7 Å². The van der Waals surface area contributed by atoms with Crippen molar-refractivity contribution in [2.24, 2.45) is 5.92 Å². The molecule has 2 rings (SSSR count). The van der Waals surface area contributed by atoms with Crippen molar-refractivity contribution in [3.63, 3.8) is 0 Å². The average molecular weight is 378 g/mol. The third-order valence-electron chi connectivity index (χ3n) is 5.13. The monoisotopic (exact) mass is 377 g/mol. The summed E-state index contributed by atoms with van der Waals surface area (Å²) in [4.78, 5) is 30.0. The summed E-state index contributed by atoms with van der Waals surface area (Å²) in [6.45, 7) is 9.10. The Balaban J connectivity index is 2.10. The lowest BCUT2D eigenvalue weighted by atomic mass is 9.94. The van der Waals surface area contributed by atoms with Crippen molar-refractivity contribution in [3.8, 4) is 0 Å². The molecule has 1 fully saturated rings. The van der Waals surface area contributed by atoms with E-state index in [0.717, 1.165) is 18.7 Å². The largest absolute Gasteiger partial charge is 0.344 e. The molecule has 0 spiro atoms. The molecule has 0 aliphatic carbocycles. The highest BCUT2D eigenvalue weighted by Crippen LogP contribution is 2.21. The Morgan fingerprint density at radius 2 is 1.70 bits per heavy atom. The zero-order chi connectivity index (χ0) is 20.0. The Hall–Kier alpha value is -1.95. The minimum absolute atomic E-state index is 0.000825. The first kappa shape index (κ1) is 21.4. The first-order valence-electron chi connectivity index (χ1n) is 9.85. The number of rotatable bonds is 7. The molecule has 2 amide bonds. The van der Waals surface area contributed by atoms with Gasteiger partial charge in [-0.3, -0.25) is 9.59 Å². The normalized spacial score (nSPS) is 17.6. The van der Waals surface area contributed by atoms with Crippen LogP contribution in [-0.4, -0.2) is 60.9 Å². The Bertz CT molecular complexity index is 625. The van der Waals surface area contributed by atoms with Crippen LogP contribution in [0.25, 0.3) is 0 Å². The van der Waals surface area contributed by atoms with E-state index in [1.165, 1.54) is 12.1 Å². The lowest BCUT2D eigenvalue weighted by Crippen LogP contribution is -2.55. The van der Waals surface area contributed by atoms with Gasteiger partial charge in [-0.1, -0.05) is 32.9 Å². The highest BCUT2D eigenvalue weighted by Gasteiger charge is 2.30. The highest BCUT2D eigenvalue weighted by atomic mass is 19.1. The number of hydrogen-bond donors (Lipinski definition) is 1. The molecule has 150 valence electrons. The molecule has 5 nitrogen and oxygen atoms in total. The van der Waals surface area contributed by atoms with Gasteiger partial charge < -0.3 is 15.1 Å². The summed E-state index contributed by atoms with van der Waals surface area (Å²) in [5, 5.41) is 2.98. The van der Waals surface area contributed by atoms with E-state index in [2.05, 4.69) is 10.2 Å². The Morgan fingerprint density at radius 3 is 2.22 bits per heavy atom. The van der Waals surface area contributed by atoms with E-state index in [-0.39, 0.29) is 29.5 Å². The third kappa shape index (κ3) is 6.03. The van der Waals surface area contributed by atoms with Crippen molar-refractivity contribution in [1.29, 1.82) is 0 Å². The van der Waals surface area contributed by atoms with Crippen molar-refractivity contribution < 1.29 is 14.0 Å². The standard InChI is InChI=1S/C21H32FN3O2/c1-5-18(16-6-8-17(22)9-7-16)20(26)23-19(14-15(2)3)21(27)25-12-10-24(4)11-13-25/h6-9,15,18-19H,5,10-14H2,1-4H3,(H,23,26)/t18?,19-/m0/s1. The van der Waals surface area contributed by atoms with Crippen molar-refractivity contribution in [3.05, 3.63) is 35.6 Å². The fourth-order valence-corrected chi connectivity index (χ4v) is 3.48. The summed E-state index contributed by atoms with van der Waals surface area (Å²) in [5.41, 5.74) is 0.770. The van der Waals surface area contributed by atoms with Crippen LogP contribution in [0, 0.1) is 11.7 Å². The predicted molar refractivity (Wildman–Crippen MR) is 105 cm³/mol. The molecule has 0 bridgehead atoms. The maximum atomic E-state index is 13.2. The quantitative estimate of drug-likeness (QED) is 0.795. The van der Waals surface area contributed by atoms with Gasteiger partial charge in [-0.05, 0) is 43.5 Å². The first-order chi connectivity index (χ1) is 12.8. The molecule has 6 heteroatoms. The molecule has 1 aliphatic rings. The number of amides is 2. The van der Waals surface area contributed by atoms with E-state index in [4.69, 9.17) is 0 Å². The fourth-order valence-electron chi connectivity index (χ4n) is 3.48. The lowest BCUT2D eigenvalue weighted by Gasteiger charge is -2.35. The summed E-state index contributed by atoms with van der Waals surface area (Å²) < 4.78 is 13.2. The molecular formula is C21H32FN3O2. The van der Waals surface area contributed by atoms with Crippen LogP contribution in [0.1, 0.15) is 45.1 Å². The van der Waals surface area contributed by atoms with E-state index in [1.54, 1.807) is 12.1 Å². The van der Waals surface area contributed by atoms with E-state index < -0.39 is 6.04 Å². The zero-order valence-electron chi connectivity index (χ0n) is 16.9. The Kier molecular flexibility index (Phi) is 7.78. The van der Waals surface area contributed by atoms with Crippen LogP contribution in [0.2, 0.25) is 0 Å². The summed E-state index contributed by atoms with van der Waals surface area (Å²) in [7, 11) is 2.05. The smallest absolute Gasteiger partial charge is 0.245 e. The number of likely N-dealkylation sites (N-methyl/N-ethyl adjacent to an activating group) is 1. The van der Waals surface area contributed by atoms with Gasteiger partial charge in [0.2, 0.25) is 11.8 Å². The summed E-state index contributed by atoms with van der Waals surface area (Å²) in [6.07, 6.45) is 1.20. The minimum Gasteiger partial charge on any atom is -0.344 e. The van der Waals surface area contributed by atoms with Gasteiger partial charge in [0.1, 0.15) is 11.9 Å². The molecular weight excluding hydrogens is 345 g/mol. The molecule has 27 heavy (non-hydrogen) atoms. The van der Waals surface area contributed by atoms with Crippen LogP contribution in [0.3, 0.4) is 0 Å². The van der Waals surface area contributed by atoms with Crippen LogP contribution in [0.4, 0.5) is 4.39 Å². The van der Waals surface area contributed by atoms with Crippen LogP contribution >= 0.6 is 0 Å². The lowest BCUT2D eigenvalue weighted by molar-refractivity contribution is -0.138. The SMILES string of the molecule is CCC(C(=O)N[C@@H](CC(C)C)C(=O)N1CCN(C)CC1)c1ccc(F)cc1. The second-order valence-electron chi connectivity index (χ2n) is 7.83. The van der Waals surface area contributed by atoms with Crippen molar-refractivity contribution in [2.75, 3.05) is 33.2 Å². The zero-order valence-corrected chi connectivity index (χ0v) is 16.9. The molecule has 1 unspecified atom stereocenters. The van der Waals surface area contributed by atoms with Gasteiger partial charge in [-0.15, -0.1) is 0 Å². The second kappa shape index (κ2) is 9.83. The van der Waals surface area contributed by atoms with E-state index in [9.17, 15) is 14.0 Å². The third-order valence-corrected chi connectivity index (χ3v) is 5.13. The van der Waals surface area contributed by atoms with Crippen LogP contribution < -0.4 is 5.32 Å². The predicted octanol–water partition coefficient (Wildman–Crippen LogP) is 2.62. The number of nitrogens with one attached hydrogen (secondary N) is 1. The molecule has 1 aliphatic heterocycles. The average Bonchev–Trinajstić information content (AvgIpc) is 2.63. The van der Waals surface area contributed by atoms with Gasteiger partial charge in [-0.25, -0.2) is 4.39 Å². The molecule has 1 aromatic carbocycles. The minimum atomic E-state index is -0.518. The molecule has 0 radical (unpaired) electrons. The number of piperazine rings is 1. The van der Waals surface area contributed by atoms with Crippen LogP contribution in [0.5, 0.6) is 0 Å². The topological polar surface area (TPSA) is 52.7 Å². The first-order valence-corrected chi connectivity index (χ1v) is 9.85. The van der Waals surface area contributed by atoms with Crippen LogP contribution in [-0.2, 0) is 9.59 Å². The number of nitrogens with zero attached hydrogens (tertiary/aromatic N) is 2. The van der Waals surface area contributed by atoms with E-state index >= 15 is 0 Å². The van der Waals surface area contributed by atoms with Crippen LogP contribution in [0.15, 0.2) is 24.3 Å². The number of carbonyl (C=O) groups excluding carboxylic acids is 2. The second-order valence-corrected chi connectivity index (χ2v) is 7.83. The van der Waals surface area contributed by atoms with Crippen molar-refractivity contribution >= 4 is 11.8 Å². The number of halogens is 1. The van der Waals surface area contributed by atoms with Gasteiger partial charge in [0, 0.05) is 26.2 Å². The Labute approximate surface area is 161 Å². The van der Waals surface area contributed by atoms with Gasteiger partial charge in [0.25, 0.3) is 0 Å². The fraction of sp³-hybridized carbons (Fsp3) is 0.619.